The number of hydrogen-bond acceptors (Lipinski definition) is 2. The van der Waals surface area contributed by atoms with Crippen LogP contribution in [0.1, 0.15) is 6.42 Å². The molecule has 0 atom stereocenters. The molecule has 0 aliphatic carbocycles. The van der Waals surface area contributed by atoms with E-state index in [0.717, 1.165) is 13.0 Å². The number of carbonyl (C=O) groups is 1. The minimum absolute atomic E-state index is 0.0151. The molecule has 1 amide bonds. The molecule has 1 aliphatic rings. The Balaban J connectivity index is 2.60. The Kier molecular flexibility index (Phi) is 2.52. The highest BCUT2D eigenvalue weighted by atomic mass is 16.2. The van der Waals surface area contributed by atoms with Crippen LogP contribution in [0.15, 0.2) is 0 Å². The Morgan fingerprint density at radius 2 is 2.25 bits per heavy atom. The molecule has 0 spiro atoms. The van der Waals surface area contributed by atoms with E-state index in [1.54, 1.807) is 16.8 Å². The molecule has 1 fully saturated rings. The predicted molar refractivity (Wildman–Crippen MR) is 45.7 cm³/mol. The van der Waals surface area contributed by atoms with Crippen molar-refractivity contribution in [3.63, 3.8) is 0 Å². The molecular formula is C7H14N4O. The first-order valence-electron chi connectivity index (χ1n) is 3.94. The molecule has 12 heavy (non-hydrogen) atoms. The Hall–Kier alpha value is -1.26. The van der Waals surface area contributed by atoms with Crippen molar-refractivity contribution in [1.29, 1.82) is 5.41 Å². The molecule has 0 saturated carbocycles. The summed E-state index contributed by atoms with van der Waals surface area (Å²) in [7, 11) is 1.77. The Morgan fingerprint density at radius 1 is 1.58 bits per heavy atom. The largest absolute Gasteiger partial charge is 0.370 e. The molecule has 3 N–H and O–H groups in total. The highest BCUT2D eigenvalue weighted by molar-refractivity contribution is 5.84. The van der Waals surface area contributed by atoms with Crippen LogP contribution in [-0.2, 0) is 4.79 Å². The van der Waals surface area contributed by atoms with Crippen LogP contribution < -0.4 is 5.73 Å². The van der Waals surface area contributed by atoms with E-state index in [4.69, 9.17) is 11.1 Å². The van der Waals surface area contributed by atoms with E-state index in [0.29, 0.717) is 6.54 Å². The molecule has 0 bridgehead atoms. The van der Waals surface area contributed by atoms with E-state index >= 15 is 0 Å². The third-order valence-corrected chi connectivity index (χ3v) is 2.01. The molecule has 1 saturated heterocycles. The summed E-state index contributed by atoms with van der Waals surface area (Å²) in [5.74, 6) is 0.0151. The van der Waals surface area contributed by atoms with Crippen LogP contribution in [-0.4, -0.2) is 48.3 Å². The van der Waals surface area contributed by atoms with Gasteiger partial charge in [0.25, 0.3) is 0 Å². The zero-order chi connectivity index (χ0) is 9.14. The monoisotopic (exact) mass is 170 g/mol. The summed E-state index contributed by atoms with van der Waals surface area (Å²) in [6, 6.07) is 0. The molecule has 1 rings (SSSR count). The lowest BCUT2D eigenvalue weighted by molar-refractivity contribution is -0.129. The number of carbonyl (C=O) groups excluding carboxylic acids is 1. The number of likely N-dealkylation sites (N-methyl/N-ethyl adjacent to an activating group) is 1. The van der Waals surface area contributed by atoms with Crippen molar-refractivity contribution in [2.45, 2.75) is 6.42 Å². The Labute approximate surface area is 71.6 Å². The topological polar surface area (TPSA) is 73.4 Å². The fourth-order valence-corrected chi connectivity index (χ4v) is 1.19. The Morgan fingerprint density at radius 3 is 2.83 bits per heavy atom. The smallest absolute Gasteiger partial charge is 0.241 e. The van der Waals surface area contributed by atoms with Gasteiger partial charge in [0, 0.05) is 20.1 Å². The first-order chi connectivity index (χ1) is 5.61. The zero-order valence-electron chi connectivity index (χ0n) is 7.21. The average Bonchev–Trinajstić information content (AvgIpc) is 2.15. The van der Waals surface area contributed by atoms with E-state index in [9.17, 15) is 4.79 Å². The van der Waals surface area contributed by atoms with Gasteiger partial charge in [-0.05, 0) is 6.42 Å². The summed E-state index contributed by atoms with van der Waals surface area (Å²) in [5, 5.41) is 7.17. The van der Waals surface area contributed by atoms with Crippen molar-refractivity contribution in [2.24, 2.45) is 5.73 Å². The van der Waals surface area contributed by atoms with Crippen molar-refractivity contribution in [2.75, 3.05) is 26.7 Å². The SMILES string of the molecule is CN1CCCN(C(=N)N)CC1=O. The van der Waals surface area contributed by atoms with Gasteiger partial charge in [-0.2, -0.15) is 0 Å². The minimum atomic E-state index is -0.0151. The number of nitrogens with two attached hydrogens (primary N) is 1. The van der Waals surface area contributed by atoms with Gasteiger partial charge < -0.3 is 15.5 Å². The number of rotatable bonds is 0. The molecule has 5 nitrogen and oxygen atoms in total. The van der Waals surface area contributed by atoms with Crippen molar-refractivity contribution >= 4 is 11.9 Å². The fourth-order valence-electron chi connectivity index (χ4n) is 1.19. The minimum Gasteiger partial charge on any atom is -0.370 e. The molecule has 0 unspecified atom stereocenters. The molecule has 5 heteroatoms. The maximum absolute atomic E-state index is 11.3. The van der Waals surface area contributed by atoms with Gasteiger partial charge in [0.15, 0.2) is 5.96 Å². The summed E-state index contributed by atoms with van der Waals surface area (Å²) in [6.45, 7) is 1.69. The van der Waals surface area contributed by atoms with E-state index in [1.165, 1.54) is 0 Å². The maximum atomic E-state index is 11.3. The molecule has 0 aromatic rings. The first kappa shape index (κ1) is 8.83. The van der Waals surface area contributed by atoms with Crippen LogP contribution in [0.2, 0.25) is 0 Å². The van der Waals surface area contributed by atoms with Crippen LogP contribution in [0.3, 0.4) is 0 Å². The Bertz CT molecular complexity index is 204. The van der Waals surface area contributed by atoms with Gasteiger partial charge in [0.1, 0.15) is 0 Å². The molecule has 0 aromatic carbocycles. The summed E-state index contributed by atoms with van der Waals surface area (Å²) in [6.07, 6.45) is 0.877. The fraction of sp³-hybridized carbons (Fsp3) is 0.714. The van der Waals surface area contributed by atoms with Gasteiger partial charge in [-0.3, -0.25) is 10.2 Å². The van der Waals surface area contributed by atoms with Crippen LogP contribution >= 0.6 is 0 Å². The number of amides is 1. The molecule has 68 valence electrons. The third kappa shape index (κ3) is 1.87. The predicted octanol–water partition coefficient (Wildman–Crippen LogP) is -0.956. The summed E-state index contributed by atoms with van der Waals surface area (Å²) in [4.78, 5) is 14.5. The van der Waals surface area contributed by atoms with E-state index in [1.807, 2.05) is 0 Å². The number of guanidine groups is 1. The van der Waals surface area contributed by atoms with Crippen LogP contribution in [0.5, 0.6) is 0 Å². The summed E-state index contributed by atoms with van der Waals surface area (Å²) in [5.41, 5.74) is 5.28. The van der Waals surface area contributed by atoms with Crippen LogP contribution in [0, 0.1) is 5.41 Å². The van der Waals surface area contributed by atoms with Gasteiger partial charge in [0.05, 0.1) is 6.54 Å². The first-order valence-corrected chi connectivity index (χ1v) is 3.94. The summed E-state index contributed by atoms with van der Waals surface area (Å²) < 4.78 is 0. The second kappa shape index (κ2) is 3.42. The van der Waals surface area contributed by atoms with Crippen LogP contribution in [0.25, 0.3) is 0 Å². The second-order valence-electron chi connectivity index (χ2n) is 2.98. The van der Waals surface area contributed by atoms with Crippen LogP contribution in [0.4, 0.5) is 0 Å². The van der Waals surface area contributed by atoms with E-state index in [2.05, 4.69) is 0 Å². The molecule has 0 aromatic heterocycles. The molecule has 1 heterocycles. The van der Waals surface area contributed by atoms with Crippen molar-refractivity contribution in [3.8, 4) is 0 Å². The second-order valence-corrected chi connectivity index (χ2v) is 2.98. The van der Waals surface area contributed by atoms with Gasteiger partial charge in [-0.15, -0.1) is 0 Å². The normalized spacial score (nSPS) is 19.2. The number of nitrogens with one attached hydrogen (secondary N) is 1. The molecular weight excluding hydrogens is 156 g/mol. The van der Waals surface area contributed by atoms with Crippen molar-refractivity contribution in [3.05, 3.63) is 0 Å². The lowest BCUT2D eigenvalue weighted by atomic mass is 10.4. The quantitative estimate of drug-likeness (QED) is 0.363. The van der Waals surface area contributed by atoms with Crippen molar-refractivity contribution in [1.82, 2.24) is 9.80 Å². The zero-order valence-corrected chi connectivity index (χ0v) is 7.21. The molecule has 1 aliphatic heterocycles. The van der Waals surface area contributed by atoms with E-state index < -0.39 is 0 Å². The third-order valence-electron chi connectivity index (χ3n) is 2.01. The maximum Gasteiger partial charge on any atom is 0.241 e. The van der Waals surface area contributed by atoms with Crippen molar-refractivity contribution < 1.29 is 4.79 Å². The average molecular weight is 170 g/mol. The van der Waals surface area contributed by atoms with E-state index in [-0.39, 0.29) is 18.4 Å². The van der Waals surface area contributed by atoms with Gasteiger partial charge in [0.2, 0.25) is 5.91 Å². The lowest BCUT2D eigenvalue weighted by Gasteiger charge is -2.18. The highest BCUT2D eigenvalue weighted by Gasteiger charge is 2.18. The van der Waals surface area contributed by atoms with Gasteiger partial charge >= 0.3 is 0 Å². The van der Waals surface area contributed by atoms with Gasteiger partial charge in [-0.25, -0.2) is 0 Å². The number of hydrogen-bond donors (Lipinski definition) is 2. The van der Waals surface area contributed by atoms with Gasteiger partial charge in [-0.1, -0.05) is 0 Å². The summed E-state index contributed by atoms with van der Waals surface area (Å²) >= 11 is 0. The molecule has 0 radical (unpaired) electrons. The highest BCUT2D eigenvalue weighted by Crippen LogP contribution is 2.00. The number of nitrogens with zero attached hydrogens (tertiary/aromatic N) is 2. The standard InChI is InChI=1S/C7H14N4O/c1-10-3-2-4-11(7(8)9)5-6(10)12/h2-5H2,1H3,(H3,8,9). The lowest BCUT2D eigenvalue weighted by Crippen LogP contribution is -2.41.